The van der Waals surface area contributed by atoms with Crippen molar-refractivity contribution in [3.8, 4) is 0 Å². The maximum absolute atomic E-state index is 12.7. The molecule has 0 aliphatic carbocycles. The normalized spacial score (nSPS) is 15.5. The Kier molecular flexibility index (Phi) is 5.03. The van der Waals surface area contributed by atoms with Gasteiger partial charge in [0.2, 0.25) is 5.91 Å². The van der Waals surface area contributed by atoms with Crippen molar-refractivity contribution in [2.75, 3.05) is 18.4 Å². The summed E-state index contributed by atoms with van der Waals surface area (Å²) in [5.41, 5.74) is 3.42. The average Bonchev–Trinajstić information content (AvgIpc) is 3.16. The number of benzene rings is 2. The number of hydrogen-bond donors (Lipinski definition) is 2. The molecule has 5 rings (SSSR count). The molecule has 0 spiro atoms. The molecule has 7 heteroatoms. The number of amides is 1. The Morgan fingerprint density at radius 2 is 2.00 bits per heavy atom. The highest BCUT2D eigenvalue weighted by Crippen LogP contribution is 2.22. The average molecular weight is 416 g/mol. The third kappa shape index (κ3) is 4.09. The number of anilines is 1. The van der Waals surface area contributed by atoms with Gasteiger partial charge in [0.05, 0.1) is 17.6 Å². The van der Waals surface area contributed by atoms with E-state index in [0.717, 1.165) is 54.7 Å². The summed E-state index contributed by atoms with van der Waals surface area (Å²) >= 11 is 0. The van der Waals surface area contributed by atoms with E-state index in [9.17, 15) is 9.59 Å². The summed E-state index contributed by atoms with van der Waals surface area (Å²) in [5.74, 6) is 0.694. The van der Waals surface area contributed by atoms with E-state index in [0.29, 0.717) is 5.58 Å². The Hall–Kier alpha value is -3.45. The number of hydrogen-bond acceptors (Lipinski definition) is 5. The molecule has 1 fully saturated rings. The van der Waals surface area contributed by atoms with E-state index in [1.807, 2.05) is 24.3 Å². The van der Waals surface area contributed by atoms with Gasteiger partial charge in [-0.1, -0.05) is 24.3 Å². The number of H-pyrrole nitrogens is 1. The second-order valence-electron chi connectivity index (χ2n) is 8.23. The van der Waals surface area contributed by atoms with Crippen LogP contribution in [0.1, 0.15) is 24.2 Å². The molecule has 1 aliphatic rings. The van der Waals surface area contributed by atoms with Crippen molar-refractivity contribution in [3.63, 3.8) is 0 Å². The number of para-hydroxylation sites is 1. The minimum Gasteiger partial charge on any atom is -0.421 e. The summed E-state index contributed by atoms with van der Waals surface area (Å²) in [5, 5.41) is 3.56. The highest BCUT2D eigenvalue weighted by atomic mass is 16.4. The molecule has 3 heterocycles. The predicted octanol–water partition coefficient (Wildman–Crippen LogP) is 3.83. The topological polar surface area (TPSA) is 91.2 Å². The molecule has 7 nitrogen and oxygen atoms in total. The fraction of sp³-hybridized carbons (Fsp3) is 0.292. The maximum atomic E-state index is 12.7. The van der Waals surface area contributed by atoms with Crippen molar-refractivity contribution >= 4 is 33.6 Å². The molecule has 0 bridgehead atoms. The summed E-state index contributed by atoms with van der Waals surface area (Å²) in [6.45, 7) is 4.41. The summed E-state index contributed by atoms with van der Waals surface area (Å²) in [6, 6.07) is 15.1. The van der Waals surface area contributed by atoms with Gasteiger partial charge >= 0.3 is 5.63 Å². The lowest BCUT2D eigenvalue weighted by molar-refractivity contribution is -0.121. The van der Waals surface area contributed by atoms with E-state index in [1.165, 1.54) is 5.56 Å². The molecule has 0 unspecified atom stereocenters. The minimum absolute atomic E-state index is 0.124. The van der Waals surface area contributed by atoms with Crippen LogP contribution in [0.15, 0.2) is 57.7 Å². The third-order valence-electron chi connectivity index (χ3n) is 5.92. The van der Waals surface area contributed by atoms with Crippen LogP contribution in [0.5, 0.6) is 0 Å². The molecule has 4 aromatic rings. The third-order valence-corrected chi connectivity index (χ3v) is 5.92. The molecule has 0 saturated carbocycles. The van der Waals surface area contributed by atoms with Crippen molar-refractivity contribution in [3.05, 3.63) is 70.3 Å². The number of rotatable bonds is 4. The lowest BCUT2D eigenvalue weighted by Crippen LogP contribution is -2.38. The number of carbonyl (C=O) groups excluding carboxylic acids is 1. The Morgan fingerprint density at radius 3 is 2.84 bits per heavy atom. The molecule has 0 radical (unpaired) electrons. The lowest BCUT2D eigenvalue weighted by Gasteiger charge is -2.30. The van der Waals surface area contributed by atoms with Gasteiger partial charge in [0.15, 0.2) is 0 Å². The lowest BCUT2D eigenvalue weighted by atomic mass is 9.96. The van der Waals surface area contributed by atoms with Crippen molar-refractivity contribution in [2.24, 2.45) is 5.92 Å². The summed E-state index contributed by atoms with van der Waals surface area (Å²) in [4.78, 5) is 35.3. The number of aryl methyl sites for hydroxylation is 1. The smallest absolute Gasteiger partial charge is 0.360 e. The Bertz CT molecular complexity index is 1320. The molecular formula is C24H24N4O3. The largest absolute Gasteiger partial charge is 0.421 e. The standard InChI is InChI=1S/C24H24N4O3/c1-15-6-7-18-19(12-15)26-22(25-18)14-28-10-8-16(9-11-28)23(29)27-20-13-17-4-2-3-5-21(17)31-24(20)30/h2-7,12-13,16H,8-11,14H2,1H3,(H,25,26)(H,27,29). The highest BCUT2D eigenvalue weighted by molar-refractivity contribution is 5.94. The summed E-state index contributed by atoms with van der Waals surface area (Å²) in [7, 11) is 0. The van der Waals surface area contributed by atoms with Crippen LogP contribution >= 0.6 is 0 Å². The van der Waals surface area contributed by atoms with Gasteiger partial charge in [0.25, 0.3) is 0 Å². The first-order chi connectivity index (χ1) is 15.0. The SMILES string of the molecule is Cc1ccc2nc(CN3CCC(C(=O)Nc4cc5ccccc5oc4=O)CC3)[nH]c2c1. The van der Waals surface area contributed by atoms with Gasteiger partial charge in [-0.25, -0.2) is 9.78 Å². The van der Waals surface area contributed by atoms with Crippen molar-refractivity contribution in [1.82, 2.24) is 14.9 Å². The van der Waals surface area contributed by atoms with Gasteiger partial charge in [-0.05, 0) is 62.7 Å². The molecule has 0 atom stereocenters. The van der Waals surface area contributed by atoms with Gasteiger partial charge < -0.3 is 14.7 Å². The van der Waals surface area contributed by atoms with Gasteiger partial charge in [-0.2, -0.15) is 0 Å². The molecule has 2 aromatic heterocycles. The van der Waals surface area contributed by atoms with Crippen LogP contribution < -0.4 is 10.9 Å². The quantitative estimate of drug-likeness (QED) is 0.494. The van der Waals surface area contributed by atoms with Crippen LogP contribution in [-0.2, 0) is 11.3 Å². The van der Waals surface area contributed by atoms with E-state index >= 15 is 0 Å². The Morgan fingerprint density at radius 1 is 1.19 bits per heavy atom. The molecule has 1 amide bonds. The summed E-state index contributed by atoms with van der Waals surface area (Å²) < 4.78 is 5.31. The first-order valence-electron chi connectivity index (χ1n) is 10.6. The zero-order chi connectivity index (χ0) is 21.4. The number of nitrogens with one attached hydrogen (secondary N) is 2. The van der Waals surface area contributed by atoms with Gasteiger partial charge in [-0.15, -0.1) is 0 Å². The minimum atomic E-state index is -0.524. The molecule has 31 heavy (non-hydrogen) atoms. The Balaban J connectivity index is 1.20. The number of piperidine rings is 1. The molecule has 1 saturated heterocycles. The van der Waals surface area contributed by atoms with Crippen molar-refractivity contribution < 1.29 is 9.21 Å². The van der Waals surface area contributed by atoms with Crippen LogP contribution in [0.4, 0.5) is 5.69 Å². The van der Waals surface area contributed by atoms with Crippen LogP contribution in [0.3, 0.4) is 0 Å². The zero-order valence-electron chi connectivity index (χ0n) is 17.4. The van der Waals surface area contributed by atoms with E-state index in [4.69, 9.17) is 4.42 Å². The van der Waals surface area contributed by atoms with E-state index in [2.05, 4.69) is 39.2 Å². The van der Waals surface area contributed by atoms with E-state index in [-0.39, 0.29) is 17.5 Å². The Labute approximate surface area is 179 Å². The van der Waals surface area contributed by atoms with Crippen LogP contribution in [0.25, 0.3) is 22.0 Å². The van der Waals surface area contributed by atoms with Crippen LogP contribution in [0, 0.1) is 12.8 Å². The molecular weight excluding hydrogens is 392 g/mol. The molecule has 2 N–H and O–H groups in total. The fourth-order valence-electron chi connectivity index (χ4n) is 4.20. The second-order valence-corrected chi connectivity index (χ2v) is 8.23. The second kappa shape index (κ2) is 8.00. The number of carbonyl (C=O) groups is 1. The number of aromatic nitrogens is 2. The number of likely N-dealkylation sites (tertiary alicyclic amines) is 1. The van der Waals surface area contributed by atoms with Gasteiger partial charge in [0.1, 0.15) is 17.1 Å². The van der Waals surface area contributed by atoms with Gasteiger partial charge in [0, 0.05) is 11.3 Å². The first kappa shape index (κ1) is 19.5. The van der Waals surface area contributed by atoms with Crippen LogP contribution in [0.2, 0.25) is 0 Å². The van der Waals surface area contributed by atoms with Gasteiger partial charge in [-0.3, -0.25) is 9.69 Å². The van der Waals surface area contributed by atoms with Crippen molar-refractivity contribution in [2.45, 2.75) is 26.3 Å². The number of nitrogens with zero attached hydrogens (tertiary/aromatic N) is 2. The van der Waals surface area contributed by atoms with Crippen LogP contribution in [-0.4, -0.2) is 33.9 Å². The molecule has 158 valence electrons. The number of imidazole rings is 1. The number of fused-ring (bicyclic) bond motifs is 2. The first-order valence-corrected chi connectivity index (χ1v) is 10.6. The fourth-order valence-corrected chi connectivity index (χ4v) is 4.20. The predicted molar refractivity (Wildman–Crippen MR) is 120 cm³/mol. The van der Waals surface area contributed by atoms with E-state index in [1.54, 1.807) is 12.1 Å². The molecule has 2 aromatic carbocycles. The monoisotopic (exact) mass is 416 g/mol. The molecule has 1 aliphatic heterocycles. The summed E-state index contributed by atoms with van der Waals surface area (Å²) in [6.07, 6.45) is 1.48. The van der Waals surface area contributed by atoms with E-state index < -0.39 is 5.63 Å². The van der Waals surface area contributed by atoms with Crippen molar-refractivity contribution in [1.29, 1.82) is 0 Å². The maximum Gasteiger partial charge on any atom is 0.360 e. The zero-order valence-corrected chi connectivity index (χ0v) is 17.4. The number of aromatic amines is 1. The highest BCUT2D eigenvalue weighted by Gasteiger charge is 2.26.